The van der Waals surface area contributed by atoms with Gasteiger partial charge in [-0.15, -0.1) is 0 Å². The molecule has 0 unspecified atom stereocenters. The van der Waals surface area contributed by atoms with E-state index < -0.39 is 0 Å². The van der Waals surface area contributed by atoms with E-state index in [-0.39, 0.29) is 5.91 Å². The Labute approximate surface area is 109 Å². The lowest BCUT2D eigenvalue weighted by Gasteiger charge is -2.12. The van der Waals surface area contributed by atoms with Crippen LogP contribution in [-0.4, -0.2) is 26.2 Å². The van der Waals surface area contributed by atoms with Gasteiger partial charge in [-0.3, -0.25) is 4.79 Å². The van der Waals surface area contributed by atoms with Crippen LogP contribution < -0.4 is 10.6 Å². The lowest BCUT2D eigenvalue weighted by molar-refractivity contribution is -0.121. The first-order valence-electron chi connectivity index (χ1n) is 6.35. The molecule has 100 valence electrons. The zero-order valence-corrected chi connectivity index (χ0v) is 11.2. The third kappa shape index (κ3) is 5.19. The molecule has 0 bridgehead atoms. The first-order chi connectivity index (χ1) is 8.77. The van der Waals surface area contributed by atoms with E-state index in [1.54, 1.807) is 7.11 Å². The van der Waals surface area contributed by atoms with Crippen LogP contribution in [0.1, 0.15) is 25.3 Å². The van der Waals surface area contributed by atoms with Gasteiger partial charge in [0.2, 0.25) is 5.91 Å². The molecule has 0 atom stereocenters. The fourth-order valence-corrected chi connectivity index (χ4v) is 1.64. The third-order valence-electron chi connectivity index (χ3n) is 2.59. The van der Waals surface area contributed by atoms with Gasteiger partial charge in [-0.1, -0.05) is 25.1 Å². The molecule has 0 saturated heterocycles. The molecule has 18 heavy (non-hydrogen) atoms. The number of carbonyl (C=O) groups excluding carboxylic acids is 1. The van der Waals surface area contributed by atoms with Crippen molar-refractivity contribution in [3.8, 4) is 0 Å². The molecule has 0 aliphatic rings. The van der Waals surface area contributed by atoms with Crippen LogP contribution in [0.4, 0.5) is 5.69 Å². The molecule has 0 radical (unpaired) electrons. The topological polar surface area (TPSA) is 50.4 Å². The highest BCUT2D eigenvalue weighted by atomic mass is 16.5. The molecular weight excluding hydrogens is 228 g/mol. The molecule has 0 saturated carbocycles. The summed E-state index contributed by atoms with van der Waals surface area (Å²) in [7, 11) is 1.68. The minimum atomic E-state index is 0.101. The molecule has 0 spiro atoms. The minimum Gasteiger partial charge on any atom is -0.383 e. The molecular formula is C14H22N2O2. The maximum absolute atomic E-state index is 11.4. The van der Waals surface area contributed by atoms with E-state index in [0.29, 0.717) is 19.6 Å². The van der Waals surface area contributed by atoms with Crippen molar-refractivity contribution in [2.45, 2.75) is 26.3 Å². The predicted molar refractivity (Wildman–Crippen MR) is 73.6 cm³/mol. The summed E-state index contributed by atoms with van der Waals surface area (Å²) in [4.78, 5) is 11.4. The third-order valence-corrected chi connectivity index (χ3v) is 2.59. The van der Waals surface area contributed by atoms with Gasteiger partial charge in [-0.05, 0) is 18.1 Å². The Morgan fingerprint density at radius 2 is 2.11 bits per heavy atom. The Kier molecular flexibility index (Phi) is 6.87. The summed E-state index contributed by atoms with van der Waals surface area (Å²) in [5.74, 6) is 0.101. The maximum atomic E-state index is 11.4. The molecule has 1 rings (SSSR count). The zero-order valence-electron chi connectivity index (χ0n) is 11.2. The molecule has 1 aromatic rings. The number of rotatable bonds is 8. The number of para-hydroxylation sites is 1. The first kappa shape index (κ1) is 14.5. The van der Waals surface area contributed by atoms with Crippen LogP contribution in [0.3, 0.4) is 0 Å². The van der Waals surface area contributed by atoms with Gasteiger partial charge in [0.15, 0.2) is 0 Å². The van der Waals surface area contributed by atoms with E-state index in [0.717, 1.165) is 24.2 Å². The van der Waals surface area contributed by atoms with Crippen molar-refractivity contribution in [2.24, 2.45) is 0 Å². The number of hydrogen-bond acceptors (Lipinski definition) is 3. The van der Waals surface area contributed by atoms with Crippen molar-refractivity contribution in [1.82, 2.24) is 5.32 Å². The van der Waals surface area contributed by atoms with Crippen LogP contribution in [0.5, 0.6) is 0 Å². The number of hydrogen-bond donors (Lipinski definition) is 2. The largest absolute Gasteiger partial charge is 0.383 e. The van der Waals surface area contributed by atoms with Crippen molar-refractivity contribution in [3.63, 3.8) is 0 Å². The summed E-state index contributed by atoms with van der Waals surface area (Å²) in [6.45, 7) is 3.99. The van der Waals surface area contributed by atoms with Crippen molar-refractivity contribution in [3.05, 3.63) is 29.8 Å². The highest BCUT2D eigenvalue weighted by Crippen LogP contribution is 2.14. The Morgan fingerprint density at radius 1 is 1.33 bits per heavy atom. The normalized spacial score (nSPS) is 10.1. The number of methoxy groups -OCH3 is 1. The van der Waals surface area contributed by atoms with Gasteiger partial charge >= 0.3 is 0 Å². The van der Waals surface area contributed by atoms with E-state index in [1.807, 2.05) is 31.2 Å². The molecule has 0 aliphatic heterocycles. The number of nitrogens with one attached hydrogen (secondary N) is 2. The van der Waals surface area contributed by atoms with E-state index >= 15 is 0 Å². The first-order valence-corrected chi connectivity index (χ1v) is 6.35. The SMILES string of the molecule is CCCC(=O)NCc1ccccc1NCCOC. The van der Waals surface area contributed by atoms with Gasteiger partial charge in [0.1, 0.15) is 0 Å². The zero-order chi connectivity index (χ0) is 13.2. The summed E-state index contributed by atoms with van der Waals surface area (Å²) in [5, 5.41) is 6.21. The number of anilines is 1. The quantitative estimate of drug-likeness (QED) is 0.695. The highest BCUT2D eigenvalue weighted by Gasteiger charge is 2.03. The van der Waals surface area contributed by atoms with E-state index in [9.17, 15) is 4.79 Å². The van der Waals surface area contributed by atoms with Crippen molar-refractivity contribution >= 4 is 11.6 Å². The monoisotopic (exact) mass is 250 g/mol. The minimum absolute atomic E-state index is 0.101. The Balaban J connectivity index is 2.50. The molecule has 0 heterocycles. The van der Waals surface area contributed by atoms with Gasteiger partial charge in [0.25, 0.3) is 0 Å². The summed E-state index contributed by atoms with van der Waals surface area (Å²) in [5.41, 5.74) is 2.14. The van der Waals surface area contributed by atoms with E-state index in [4.69, 9.17) is 4.74 Å². The number of carbonyl (C=O) groups is 1. The smallest absolute Gasteiger partial charge is 0.220 e. The van der Waals surface area contributed by atoms with Crippen LogP contribution in [0, 0.1) is 0 Å². The number of ether oxygens (including phenoxy) is 1. The van der Waals surface area contributed by atoms with Crippen molar-refractivity contribution in [2.75, 3.05) is 25.6 Å². The summed E-state index contributed by atoms with van der Waals surface area (Å²) in [6, 6.07) is 7.98. The second-order valence-corrected chi connectivity index (χ2v) is 4.10. The van der Waals surface area contributed by atoms with Gasteiger partial charge in [0, 0.05) is 32.3 Å². The Bertz CT molecular complexity index is 367. The van der Waals surface area contributed by atoms with Gasteiger partial charge in [-0.2, -0.15) is 0 Å². The van der Waals surface area contributed by atoms with Crippen LogP contribution >= 0.6 is 0 Å². The van der Waals surface area contributed by atoms with E-state index in [2.05, 4.69) is 10.6 Å². The molecule has 4 nitrogen and oxygen atoms in total. The molecule has 2 N–H and O–H groups in total. The second kappa shape index (κ2) is 8.53. The van der Waals surface area contributed by atoms with Gasteiger partial charge in [-0.25, -0.2) is 0 Å². The average molecular weight is 250 g/mol. The van der Waals surface area contributed by atoms with Crippen LogP contribution in [0.2, 0.25) is 0 Å². The van der Waals surface area contributed by atoms with Crippen molar-refractivity contribution in [1.29, 1.82) is 0 Å². The van der Waals surface area contributed by atoms with Crippen LogP contribution in [0.15, 0.2) is 24.3 Å². The molecule has 0 aromatic heterocycles. The Morgan fingerprint density at radius 3 is 2.83 bits per heavy atom. The fraction of sp³-hybridized carbons (Fsp3) is 0.500. The Hall–Kier alpha value is -1.55. The average Bonchev–Trinajstić information content (AvgIpc) is 2.38. The van der Waals surface area contributed by atoms with Gasteiger partial charge in [0.05, 0.1) is 6.61 Å². The fourth-order valence-electron chi connectivity index (χ4n) is 1.64. The van der Waals surface area contributed by atoms with Crippen LogP contribution in [-0.2, 0) is 16.1 Å². The van der Waals surface area contributed by atoms with E-state index in [1.165, 1.54) is 0 Å². The molecule has 1 aromatic carbocycles. The van der Waals surface area contributed by atoms with Crippen molar-refractivity contribution < 1.29 is 9.53 Å². The lowest BCUT2D eigenvalue weighted by atomic mass is 10.1. The number of benzene rings is 1. The molecule has 0 fully saturated rings. The predicted octanol–water partition coefficient (Wildman–Crippen LogP) is 2.16. The molecule has 0 aliphatic carbocycles. The number of amides is 1. The lowest BCUT2D eigenvalue weighted by Crippen LogP contribution is -2.23. The second-order valence-electron chi connectivity index (χ2n) is 4.10. The van der Waals surface area contributed by atoms with Crippen LogP contribution in [0.25, 0.3) is 0 Å². The maximum Gasteiger partial charge on any atom is 0.220 e. The highest BCUT2D eigenvalue weighted by molar-refractivity contribution is 5.76. The summed E-state index contributed by atoms with van der Waals surface area (Å²) >= 11 is 0. The molecule has 1 amide bonds. The van der Waals surface area contributed by atoms with Gasteiger partial charge < -0.3 is 15.4 Å². The standard InChI is InChI=1S/C14H22N2O2/c1-3-6-14(17)16-11-12-7-4-5-8-13(12)15-9-10-18-2/h4-5,7-8,15H,3,6,9-11H2,1-2H3,(H,16,17). The summed E-state index contributed by atoms with van der Waals surface area (Å²) in [6.07, 6.45) is 1.46. The summed E-state index contributed by atoms with van der Waals surface area (Å²) < 4.78 is 5.00. The molecule has 4 heteroatoms.